The van der Waals surface area contributed by atoms with Crippen LogP contribution in [0.15, 0.2) is 36.5 Å². The molecular weight excluding hydrogens is 206 g/mol. The maximum absolute atomic E-state index is 10.9. The van der Waals surface area contributed by atoms with Gasteiger partial charge in [-0.2, -0.15) is 5.10 Å². The van der Waals surface area contributed by atoms with E-state index in [1.165, 1.54) is 6.20 Å². The highest BCUT2D eigenvalue weighted by Crippen LogP contribution is 2.19. The van der Waals surface area contributed by atoms with Crippen LogP contribution in [0.1, 0.15) is 10.4 Å². The molecule has 0 saturated carbocycles. The summed E-state index contributed by atoms with van der Waals surface area (Å²) in [7, 11) is 1.67. The first kappa shape index (κ1) is 10.2. The average molecular weight is 217 g/mol. The molecule has 1 aromatic heterocycles. The molecule has 0 aliphatic rings. The molecular formula is C11H11N3O2. The second kappa shape index (κ2) is 4.06. The van der Waals surface area contributed by atoms with E-state index in [0.717, 1.165) is 5.69 Å². The predicted octanol–water partition coefficient (Wildman–Crippen LogP) is 1.61. The van der Waals surface area contributed by atoms with Crippen molar-refractivity contribution in [1.29, 1.82) is 0 Å². The number of carboxylic acids is 1. The molecule has 5 heteroatoms. The van der Waals surface area contributed by atoms with Gasteiger partial charge in [0.05, 0.1) is 11.9 Å². The zero-order valence-corrected chi connectivity index (χ0v) is 8.71. The van der Waals surface area contributed by atoms with Crippen molar-refractivity contribution in [1.82, 2.24) is 9.78 Å². The van der Waals surface area contributed by atoms with Gasteiger partial charge < -0.3 is 10.4 Å². The van der Waals surface area contributed by atoms with Gasteiger partial charge in [0.15, 0.2) is 0 Å². The van der Waals surface area contributed by atoms with E-state index in [2.05, 4.69) is 10.4 Å². The van der Waals surface area contributed by atoms with Gasteiger partial charge >= 0.3 is 5.97 Å². The summed E-state index contributed by atoms with van der Waals surface area (Å²) in [4.78, 5) is 10.9. The van der Waals surface area contributed by atoms with Gasteiger partial charge in [0, 0.05) is 7.05 Å². The second-order valence-corrected chi connectivity index (χ2v) is 3.21. The summed E-state index contributed by atoms with van der Waals surface area (Å²) in [5.74, 6) is -0.523. The highest BCUT2D eigenvalue weighted by molar-refractivity contribution is 5.93. The van der Waals surface area contributed by atoms with Crippen LogP contribution in [-0.4, -0.2) is 27.9 Å². The first-order valence-corrected chi connectivity index (χ1v) is 4.78. The molecule has 2 aromatic rings. The summed E-state index contributed by atoms with van der Waals surface area (Å²) in [6, 6.07) is 9.36. The molecule has 2 rings (SSSR count). The third kappa shape index (κ3) is 1.63. The number of nitrogens with one attached hydrogen (secondary N) is 1. The molecule has 0 fully saturated rings. The highest BCUT2D eigenvalue weighted by atomic mass is 16.4. The number of hydrogen-bond acceptors (Lipinski definition) is 3. The minimum Gasteiger partial charge on any atom is -0.477 e. The van der Waals surface area contributed by atoms with Crippen LogP contribution in [0.2, 0.25) is 0 Å². The van der Waals surface area contributed by atoms with Crippen LogP contribution >= 0.6 is 0 Å². The standard InChI is InChI=1S/C11H11N3O2/c1-12-10-9(11(15)16)7-13-14(10)8-5-3-2-4-6-8/h2-7,12H,1H3,(H,15,16). The highest BCUT2D eigenvalue weighted by Gasteiger charge is 2.15. The van der Waals surface area contributed by atoms with E-state index in [0.29, 0.717) is 5.82 Å². The van der Waals surface area contributed by atoms with Gasteiger partial charge in [0.1, 0.15) is 11.4 Å². The van der Waals surface area contributed by atoms with Crippen molar-refractivity contribution in [2.24, 2.45) is 0 Å². The van der Waals surface area contributed by atoms with Gasteiger partial charge in [-0.05, 0) is 12.1 Å². The summed E-state index contributed by atoms with van der Waals surface area (Å²) in [6.07, 6.45) is 1.33. The van der Waals surface area contributed by atoms with Crippen molar-refractivity contribution in [3.8, 4) is 5.69 Å². The van der Waals surface area contributed by atoms with E-state index in [-0.39, 0.29) is 5.56 Å². The summed E-state index contributed by atoms with van der Waals surface area (Å²) in [6.45, 7) is 0. The fraction of sp³-hybridized carbons (Fsp3) is 0.0909. The molecule has 2 N–H and O–H groups in total. The van der Waals surface area contributed by atoms with E-state index >= 15 is 0 Å². The summed E-state index contributed by atoms with van der Waals surface area (Å²) >= 11 is 0. The van der Waals surface area contributed by atoms with E-state index in [1.54, 1.807) is 11.7 Å². The molecule has 0 unspecified atom stereocenters. The molecule has 0 aliphatic heterocycles. The normalized spacial score (nSPS) is 10.1. The Bertz CT molecular complexity index is 505. The fourth-order valence-corrected chi connectivity index (χ4v) is 1.51. The minimum atomic E-state index is -0.994. The van der Waals surface area contributed by atoms with E-state index in [4.69, 9.17) is 5.11 Å². The number of rotatable bonds is 3. The monoisotopic (exact) mass is 217 g/mol. The molecule has 1 aromatic carbocycles. The Morgan fingerprint density at radius 2 is 2.06 bits per heavy atom. The number of carbonyl (C=O) groups is 1. The number of hydrogen-bond donors (Lipinski definition) is 2. The molecule has 1 heterocycles. The maximum atomic E-state index is 10.9. The topological polar surface area (TPSA) is 67.2 Å². The van der Waals surface area contributed by atoms with Gasteiger partial charge in [-0.15, -0.1) is 0 Å². The van der Waals surface area contributed by atoms with E-state index in [1.807, 2.05) is 30.3 Å². The van der Waals surface area contributed by atoms with Crippen LogP contribution in [0.25, 0.3) is 5.69 Å². The quantitative estimate of drug-likeness (QED) is 0.819. The van der Waals surface area contributed by atoms with Crippen molar-refractivity contribution >= 4 is 11.8 Å². The molecule has 0 radical (unpaired) electrons. The lowest BCUT2D eigenvalue weighted by atomic mass is 10.3. The Hall–Kier alpha value is -2.30. The Kier molecular flexibility index (Phi) is 2.59. The zero-order valence-electron chi connectivity index (χ0n) is 8.71. The maximum Gasteiger partial charge on any atom is 0.341 e. The Balaban J connectivity index is 2.54. The Morgan fingerprint density at radius 1 is 1.38 bits per heavy atom. The Labute approximate surface area is 92.3 Å². The molecule has 0 spiro atoms. The first-order chi connectivity index (χ1) is 7.74. The number of benzene rings is 1. The van der Waals surface area contributed by atoms with Gasteiger partial charge in [0.2, 0.25) is 0 Å². The summed E-state index contributed by atoms with van der Waals surface area (Å²) in [5.41, 5.74) is 0.978. The van der Waals surface area contributed by atoms with Crippen molar-refractivity contribution in [3.05, 3.63) is 42.1 Å². The van der Waals surface area contributed by atoms with Crippen LogP contribution in [-0.2, 0) is 0 Å². The van der Waals surface area contributed by atoms with Gasteiger partial charge in [-0.1, -0.05) is 18.2 Å². The molecule has 0 saturated heterocycles. The third-order valence-corrected chi connectivity index (χ3v) is 2.24. The number of carboxylic acid groups (broad SMARTS) is 1. The molecule has 0 amide bonds. The molecule has 16 heavy (non-hydrogen) atoms. The van der Waals surface area contributed by atoms with E-state index < -0.39 is 5.97 Å². The van der Waals surface area contributed by atoms with Crippen LogP contribution in [0.3, 0.4) is 0 Å². The van der Waals surface area contributed by atoms with Gasteiger partial charge in [-0.3, -0.25) is 0 Å². The zero-order chi connectivity index (χ0) is 11.5. The number of aromatic nitrogens is 2. The second-order valence-electron chi connectivity index (χ2n) is 3.21. The number of nitrogens with zero attached hydrogens (tertiary/aromatic N) is 2. The SMILES string of the molecule is CNc1c(C(=O)O)cnn1-c1ccccc1. The smallest absolute Gasteiger partial charge is 0.341 e. The number of para-hydroxylation sites is 1. The summed E-state index contributed by atoms with van der Waals surface area (Å²) in [5, 5.41) is 15.9. The molecule has 0 aliphatic carbocycles. The molecule has 0 bridgehead atoms. The van der Waals surface area contributed by atoms with E-state index in [9.17, 15) is 4.79 Å². The molecule has 5 nitrogen and oxygen atoms in total. The van der Waals surface area contributed by atoms with Crippen molar-refractivity contribution < 1.29 is 9.90 Å². The van der Waals surface area contributed by atoms with Crippen molar-refractivity contribution in [2.75, 3.05) is 12.4 Å². The van der Waals surface area contributed by atoms with Crippen LogP contribution in [0.4, 0.5) is 5.82 Å². The van der Waals surface area contributed by atoms with Crippen LogP contribution in [0, 0.1) is 0 Å². The molecule has 82 valence electrons. The fourth-order valence-electron chi connectivity index (χ4n) is 1.51. The number of aromatic carboxylic acids is 1. The van der Waals surface area contributed by atoms with Crippen molar-refractivity contribution in [3.63, 3.8) is 0 Å². The lowest BCUT2D eigenvalue weighted by molar-refractivity contribution is 0.0698. The molecule has 0 atom stereocenters. The van der Waals surface area contributed by atoms with Gasteiger partial charge in [-0.25, -0.2) is 9.48 Å². The van der Waals surface area contributed by atoms with Crippen molar-refractivity contribution in [2.45, 2.75) is 0 Å². The number of anilines is 1. The van der Waals surface area contributed by atoms with Crippen LogP contribution in [0.5, 0.6) is 0 Å². The lowest BCUT2D eigenvalue weighted by Gasteiger charge is -2.06. The van der Waals surface area contributed by atoms with Gasteiger partial charge in [0.25, 0.3) is 0 Å². The third-order valence-electron chi connectivity index (χ3n) is 2.24. The lowest BCUT2D eigenvalue weighted by Crippen LogP contribution is -2.05. The minimum absolute atomic E-state index is 0.159. The first-order valence-electron chi connectivity index (χ1n) is 4.78. The average Bonchev–Trinajstić information content (AvgIpc) is 2.73. The Morgan fingerprint density at radius 3 is 2.62 bits per heavy atom. The largest absolute Gasteiger partial charge is 0.477 e. The predicted molar refractivity (Wildman–Crippen MR) is 60.1 cm³/mol. The summed E-state index contributed by atoms with van der Waals surface area (Å²) < 4.78 is 1.56. The van der Waals surface area contributed by atoms with Crippen LogP contribution < -0.4 is 5.32 Å².